The Kier molecular flexibility index (Phi) is 6.30. The van der Waals surface area contributed by atoms with E-state index in [9.17, 15) is 4.79 Å². The van der Waals surface area contributed by atoms with E-state index in [2.05, 4.69) is 13.8 Å². The van der Waals surface area contributed by atoms with Crippen LogP contribution in [0.3, 0.4) is 0 Å². The number of rotatable bonds is 4. The van der Waals surface area contributed by atoms with Crippen molar-refractivity contribution in [2.24, 2.45) is 5.92 Å². The summed E-state index contributed by atoms with van der Waals surface area (Å²) in [7, 11) is 0. The minimum atomic E-state index is 0. The lowest BCUT2D eigenvalue weighted by Crippen LogP contribution is -2.30. The number of hydrogen-bond donors (Lipinski definition) is 1. The van der Waals surface area contributed by atoms with Gasteiger partial charge in [0, 0.05) is 30.9 Å². The molecule has 4 nitrogen and oxygen atoms in total. The van der Waals surface area contributed by atoms with Crippen molar-refractivity contribution in [2.75, 3.05) is 25.4 Å². The lowest BCUT2D eigenvalue weighted by Gasteiger charge is -2.17. The van der Waals surface area contributed by atoms with Gasteiger partial charge in [0.15, 0.2) is 0 Å². The highest BCUT2D eigenvalue weighted by Gasteiger charge is 2.27. The number of amides is 1. The zero-order chi connectivity index (χ0) is 13.8. The van der Waals surface area contributed by atoms with E-state index >= 15 is 0 Å². The number of ether oxygens (including phenoxy) is 1. The first-order valence-electron chi connectivity index (χ1n) is 6.82. The number of nitrogens with zero attached hydrogens (tertiary/aromatic N) is 1. The average Bonchev–Trinajstić information content (AvgIpc) is 2.84. The highest BCUT2D eigenvalue weighted by atomic mass is 35.5. The smallest absolute Gasteiger partial charge is 0.254 e. The molecule has 1 aliphatic rings. The van der Waals surface area contributed by atoms with Crippen molar-refractivity contribution in [3.8, 4) is 0 Å². The summed E-state index contributed by atoms with van der Waals surface area (Å²) in [5.74, 6) is 0.571. The molecule has 1 fully saturated rings. The van der Waals surface area contributed by atoms with E-state index in [1.165, 1.54) is 0 Å². The molecule has 1 aromatic carbocycles. The molecule has 1 heterocycles. The Morgan fingerprint density at radius 3 is 2.90 bits per heavy atom. The molecule has 1 unspecified atom stereocenters. The molecular formula is C15H23ClN2O2. The Morgan fingerprint density at radius 2 is 2.25 bits per heavy atom. The third kappa shape index (κ3) is 4.39. The Morgan fingerprint density at radius 1 is 1.50 bits per heavy atom. The molecule has 2 rings (SSSR count). The molecule has 0 bridgehead atoms. The van der Waals surface area contributed by atoms with Gasteiger partial charge in [-0.15, -0.1) is 12.4 Å². The van der Waals surface area contributed by atoms with Crippen molar-refractivity contribution in [3.05, 3.63) is 29.8 Å². The van der Waals surface area contributed by atoms with Crippen molar-refractivity contribution in [1.82, 2.24) is 4.90 Å². The van der Waals surface area contributed by atoms with E-state index in [4.69, 9.17) is 10.5 Å². The fourth-order valence-electron chi connectivity index (χ4n) is 2.23. The molecule has 112 valence electrons. The molecule has 1 aromatic rings. The number of nitrogens with two attached hydrogens (primary N) is 1. The summed E-state index contributed by atoms with van der Waals surface area (Å²) < 4.78 is 5.79. The molecule has 1 amide bonds. The number of hydrogen-bond acceptors (Lipinski definition) is 3. The predicted molar refractivity (Wildman–Crippen MR) is 83.2 cm³/mol. The van der Waals surface area contributed by atoms with E-state index in [1.54, 1.807) is 18.2 Å². The number of carbonyl (C=O) groups excluding carboxylic acids is 1. The first kappa shape index (κ1) is 16.8. The maximum Gasteiger partial charge on any atom is 0.254 e. The summed E-state index contributed by atoms with van der Waals surface area (Å²) in [6.07, 6.45) is 1.09. The monoisotopic (exact) mass is 298 g/mol. The first-order valence-corrected chi connectivity index (χ1v) is 6.82. The summed E-state index contributed by atoms with van der Waals surface area (Å²) in [5.41, 5.74) is 6.99. The SMILES string of the molecule is CC(C)COC1CCN(C(=O)c2cccc(N)c2)C1.Cl. The number of anilines is 1. The Labute approximate surface area is 126 Å². The Balaban J connectivity index is 0.00000200. The topological polar surface area (TPSA) is 55.6 Å². The van der Waals surface area contributed by atoms with Crippen molar-refractivity contribution in [1.29, 1.82) is 0 Å². The number of nitrogen functional groups attached to an aromatic ring is 1. The van der Waals surface area contributed by atoms with Crippen LogP contribution in [0.2, 0.25) is 0 Å². The van der Waals surface area contributed by atoms with Crippen LogP contribution in [0, 0.1) is 5.92 Å². The number of halogens is 1. The minimum Gasteiger partial charge on any atom is -0.399 e. The first-order chi connectivity index (χ1) is 9.06. The molecule has 20 heavy (non-hydrogen) atoms. The Bertz CT molecular complexity index is 451. The van der Waals surface area contributed by atoms with Gasteiger partial charge in [0.25, 0.3) is 5.91 Å². The summed E-state index contributed by atoms with van der Waals surface area (Å²) in [4.78, 5) is 14.1. The second kappa shape index (κ2) is 7.50. The van der Waals surface area contributed by atoms with Gasteiger partial charge < -0.3 is 15.4 Å². The molecule has 0 aromatic heterocycles. The molecule has 0 spiro atoms. The van der Waals surface area contributed by atoms with Crippen LogP contribution in [0.4, 0.5) is 5.69 Å². The molecule has 0 saturated carbocycles. The number of carbonyl (C=O) groups is 1. The van der Waals surface area contributed by atoms with Crippen LogP contribution in [0.5, 0.6) is 0 Å². The van der Waals surface area contributed by atoms with Gasteiger partial charge in [0.1, 0.15) is 0 Å². The predicted octanol–water partition coefficient (Wildman–Crippen LogP) is 2.58. The van der Waals surface area contributed by atoms with Gasteiger partial charge in [-0.3, -0.25) is 4.79 Å². The molecule has 2 N–H and O–H groups in total. The van der Waals surface area contributed by atoms with E-state index in [0.717, 1.165) is 19.6 Å². The van der Waals surface area contributed by atoms with Crippen LogP contribution in [-0.4, -0.2) is 36.6 Å². The van der Waals surface area contributed by atoms with Crippen LogP contribution >= 0.6 is 12.4 Å². The molecule has 1 aliphatic heterocycles. The maximum atomic E-state index is 12.3. The number of benzene rings is 1. The second-order valence-electron chi connectivity index (χ2n) is 5.51. The average molecular weight is 299 g/mol. The van der Waals surface area contributed by atoms with Gasteiger partial charge in [-0.05, 0) is 30.5 Å². The largest absolute Gasteiger partial charge is 0.399 e. The minimum absolute atomic E-state index is 0. The zero-order valence-electron chi connectivity index (χ0n) is 12.0. The van der Waals surface area contributed by atoms with Gasteiger partial charge in [-0.2, -0.15) is 0 Å². The summed E-state index contributed by atoms with van der Waals surface area (Å²) >= 11 is 0. The third-order valence-corrected chi connectivity index (χ3v) is 3.23. The standard InChI is InChI=1S/C15H22N2O2.ClH/c1-11(2)10-19-14-6-7-17(9-14)15(18)12-4-3-5-13(16)8-12;/h3-5,8,11,14H,6-7,9-10,16H2,1-2H3;1H. The lowest BCUT2D eigenvalue weighted by atomic mass is 10.2. The van der Waals surface area contributed by atoms with E-state index in [-0.39, 0.29) is 24.4 Å². The third-order valence-electron chi connectivity index (χ3n) is 3.23. The van der Waals surface area contributed by atoms with Crippen molar-refractivity contribution in [3.63, 3.8) is 0 Å². The van der Waals surface area contributed by atoms with Gasteiger partial charge in [-0.25, -0.2) is 0 Å². The number of likely N-dealkylation sites (tertiary alicyclic amines) is 1. The fourth-order valence-corrected chi connectivity index (χ4v) is 2.23. The zero-order valence-corrected chi connectivity index (χ0v) is 12.9. The molecule has 0 aliphatic carbocycles. The van der Waals surface area contributed by atoms with Gasteiger partial charge in [0.05, 0.1) is 6.10 Å². The van der Waals surface area contributed by atoms with E-state index in [0.29, 0.717) is 23.7 Å². The molecule has 0 radical (unpaired) electrons. The lowest BCUT2D eigenvalue weighted by molar-refractivity contribution is 0.0396. The van der Waals surface area contributed by atoms with Crippen LogP contribution in [-0.2, 0) is 4.74 Å². The van der Waals surface area contributed by atoms with Crippen LogP contribution in [0.25, 0.3) is 0 Å². The summed E-state index contributed by atoms with van der Waals surface area (Å²) in [6, 6.07) is 7.13. The Hall–Kier alpha value is -1.26. The van der Waals surface area contributed by atoms with E-state index < -0.39 is 0 Å². The molecule has 5 heteroatoms. The van der Waals surface area contributed by atoms with Gasteiger partial charge in [0.2, 0.25) is 0 Å². The van der Waals surface area contributed by atoms with Crippen molar-refractivity contribution >= 4 is 24.0 Å². The van der Waals surface area contributed by atoms with Crippen LogP contribution in [0.15, 0.2) is 24.3 Å². The fraction of sp³-hybridized carbons (Fsp3) is 0.533. The van der Waals surface area contributed by atoms with Gasteiger partial charge >= 0.3 is 0 Å². The highest BCUT2D eigenvalue weighted by molar-refractivity contribution is 5.95. The second-order valence-corrected chi connectivity index (χ2v) is 5.51. The maximum absolute atomic E-state index is 12.3. The normalized spacial score (nSPS) is 18.1. The quantitative estimate of drug-likeness (QED) is 0.869. The highest BCUT2D eigenvalue weighted by Crippen LogP contribution is 2.17. The van der Waals surface area contributed by atoms with Crippen LogP contribution < -0.4 is 5.73 Å². The van der Waals surface area contributed by atoms with Gasteiger partial charge in [-0.1, -0.05) is 19.9 Å². The van der Waals surface area contributed by atoms with Crippen LogP contribution in [0.1, 0.15) is 30.6 Å². The van der Waals surface area contributed by atoms with E-state index in [1.807, 2.05) is 11.0 Å². The molecule has 1 saturated heterocycles. The summed E-state index contributed by atoms with van der Waals surface area (Å²) in [5, 5.41) is 0. The van der Waals surface area contributed by atoms with Crippen molar-refractivity contribution in [2.45, 2.75) is 26.4 Å². The molecular weight excluding hydrogens is 276 g/mol. The molecule has 1 atom stereocenters. The summed E-state index contributed by atoms with van der Waals surface area (Å²) in [6.45, 7) is 6.46. The van der Waals surface area contributed by atoms with Crippen molar-refractivity contribution < 1.29 is 9.53 Å².